The molecule has 1 heterocycles. The van der Waals surface area contributed by atoms with Crippen LogP contribution in [0.2, 0.25) is 0 Å². The van der Waals surface area contributed by atoms with Crippen LogP contribution in [-0.4, -0.2) is 53.4 Å². The Balaban J connectivity index is 1.95. The number of piperazine rings is 1. The van der Waals surface area contributed by atoms with Gasteiger partial charge in [0.2, 0.25) is 0 Å². The fourth-order valence-electron chi connectivity index (χ4n) is 2.40. The molecule has 0 radical (unpaired) electrons. The molecule has 1 amide bonds. The molecule has 0 aliphatic carbocycles. The minimum absolute atomic E-state index is 0.00201. The fourth-order valence-corrected chi connectivity index (χ4v) is 2.40. The number of rotatable bonds is 4. The zero-order valence-corrected chi connectivity index (χ0v) is 12.1. The second-order valence-electron chi connectivity index (χ2n) is 5.33. The van der Waals surface area contributed by atoms with Crippen LogP contribution in [0, 0.1) is 10.1 Å². The molecule has 0 N–H and O–H groups in total. The SMILES string of the molecule is C=C(C)CN1CCN(C(=O)c2ccc([N+](=O)[O-])cc2)CC1. The minimum atomic E-state index is -0.468. The highest BCUT2D eigenvalue weighted by Crippen LogP contribution is 2.14. The van der Waals surface area contributed by atoms with E-state index < -0.39 is 4.92 Å². The van der Waals surface area contributed by atoms with Crippen molar-refractivity contribution in [2.75, 3.05) is 32.7 Å². The highest BCUT2D eigenvalue weighted by atomic mass is 16.6. The highest BCUT2D eigenvalue weighted by molar-refractivity contribution is 5.94. The van der Waals surface area contributed by atoms with Gasteiger partial charge >= 0.3 is 0 Å². The molecular weight excluding hydrogens is 270 g/mol. The summed E-state index contributed by atoms with van der Waals surface area (Å²) in [5.41, 5.74) is 1.61. The lowest BCUT2D eigenvalue weighted by atomic mass is 10.1. The summed E-state index contributed by atoms with van der Waals surface area (Å²) in [6.07, 6.45) is 0. The van der Waals surface area contributed by atoms with Gasteiger partial charge in [-0.2, -0.15) is 0 Å². The molecule has 1 aromatic carbocycles. The van der Waals surface area contributed by atoms with Crippen LogP contribution in [0.25, 0.3) is 0 Å². The molecule has 21 heavy (non-hydrogen) atoms. The van der Waals surface area contributed by atoms with Crippen molar-refractivity contribution >= 4 is 11.6 Å². The molecular formula is C15H19N3O3. The summed E-state index contributed by atoms with van der Waals surface area (Å²) >= 11 is 0. The van der Waals surface area contributed by atoms with Crippen LogP contribution < -0.4 is 0 Å². The molecule has 6 nitrogen and oxygen atoms in total. The summed E-state index contributed by atoms with van der Waals surface area (Å²) < 4.78 is 0. The van der Waals surface area contributed by atoms with Crippen molar-refractivity contribution in [3.05, 3.63) is 52.1 Å². The highest BCUT2D eigenvalue weighted by Gasteiger charge is 2.22. The Labute approximate surface area is 123 Å². The Morgan fingerprint density at radius 3 is 2.29 bits per heavy atom. The molecule has 0 bridgehead atoms. The average Bonchev–Trinajstić information content (AvgIpc) is 2.47. The van der Waals surface area contributed by atoms with Crippen molar-refractivity contribution < 1.29 is 9.72 Å². The molecule has 1 saturated heterocycles. The zero-order valence-electron chi connectivity index (χ0n) is 12.1. The number of hydrogen-bond acceptors (Lipinski definition) is 4. The maximum absolute atomic E-state index is 12.3. The number of nitrogens with zero attached hydrogens (tertiary/aromatic N) is 3. The largest absolute Gasteiger partial charge is 0.336 e. The Morgan fingerprint density at radius 1 is 1.24 bits per heavy atom. The summed E-state index contributed by atoms with van der Waals surface area (Å²) in [6.45, 7) is 9.74. The van der Waals surface area contributed by atoms with Gasteiger partial charge in [-0.05, 0) is 19.1 Å². The van der Waals surface area contributed by atoms with Gasteiger partial charge in [0.15, 0.2) is 0 Å². The molecule has 1 aliphatic rings. The number of carbonyl (C=O) groups is 1. The predicted molar refractivity (Wildman–Crippen MR) is 80.3 cm³/mol. The summed E-state index contributed by atoms with van der Waals surface area (Å²) in [4.78, 5) is 26.5. The first-order chi connectivity index (χ1) is 9.97. The van der Waals surface area contributed by atoms with Crippen LogP contribution in [0.3, 0.4) is 0 Å². The number of nitro groups is 1. The molecule has 2 rings (SSSR count). The first-order valence-electron chi connectivity index (χ1n) is 6.88. The van der Waals surface area contributed by atoms with E-state index in [9.17, 15) is 14.9 Å². The van der Waals surface area contributed by atoms with E-state index in [2.05, 4.69) is 11.5 Å². The second-order valence-corrected chi connectivity index (χ2v) is 5.33. The van der Waals surface area contributed by atoms with E-state index in [-0.39, 0.29) is 11.6 Å². The van der Waals surface area contributed by atoms with E-state index in [1.165, 1.54) is 24.3 Å². The first-order valence-corrected chi connectivity index (χ1v) is 6.88. The maximum Gasteiger partial charge on any atom is 0.269 e. The lowest BCUT2D eigenvalue weighted by Gasteiger charge is -2.34. The number of amides is 1. The Morgan fingerprint density at radius 2 is 1.81 bits per heavy atom. The van der Waals surface area contributed by atoms with Gasteiger partial charge in [0.25, 0.3) is 11.6 Å². The van der Waals surface area contributed by atoms with Crippen LogP contribution in [-0.2, 0) is 0 Å². The van der Waals surface area contributed by atoms with Crippen molar-refractivity contribution in [3.63, 3.8) is 0 Å². The third kappa shape index (κ3) is 3.88. The molecule has 0 spiro atoms. The van der Waals surface area contributed by atoms with Crippen LogP contribution >= 0.6 is 0 Å². The van der Waals surface area contributed by atoms with E-state index in [1.54, 1.807) is 4.90 Å². The summed E-state index contributed by atoms with van der Waals surface area (Å²) in [5.74, 6) is -0.0696. The van der Waals surface area contributed by atoms with Gasteiger partial charge in [0, 0.05) is 50.4 Å². The van der Waals surface area contributed by atoms with Gasteiger partial charge < -0.3 is 4.90 Å². The topological polar surface area (TPSA) is 66.7 Å². The molecule has 1 aromatic rings. The van der Waals surface area contributed by atoms with Crippen LogP contribution in [0.15, 0.2) is 36.4 Å². The Hall–Kier alpha value is -2.21. The lowest BCUT2D eigenvalue weighted by molar-refractivity contribution is -0.384. The van der Waals surface area contributed by atoms with E-state index in [1.807, 2.05) is 6.92 Å². The lowest BCUT2D eigenvalue weighted by Crippen LogP contribution is -2.48. The smallest absolute Gasteiger partial charge is 0.269 e. The molecule has 1 fully saturated rings. The van der Waals surface area contributed by atoms with E-state index in [0.29, 0.717) is 18.7 Å². The van der Waals surface area contributed by atoms with Crippen molar-refractivity contribution in [2.24, 2.45) is 0 Å². The van der Waals surface area contributed by atoms with Crippen molar-refractivity contribution in [1.29, 1.82) is 0 Å². The Bertz CT molecular complexity index is 546. The van der Waals surface area contributed by atoms with Crippen LogP contribution in [0.5, 0.6) is 0 Å². The zero-order chi connectivity index (χ0) is 15.4. The summed E-state index contributed by atoms with van der Waals surface area (Å²) in [5, 5.41) is 10.6. The fraction of sp³-hybridized carbons (Fsp3) is 0.400. The Kier molecular flexibility index (Phi) is 4.70. The number of carbonyl (C=O) groups excluding carboxylic acids is 1. The molecule has 1 aliphatic heterocycles. The molecule has 0 unspecified atom stereocenters. The van der Waals surface area contributed by atoms with Gasteiger partial charge in [-0.1, -0.05) is 12.2 Å². The maximum atomic E-state index is 12.3. The predicted octanol–water partition coefficient (Wildman–Crippen LogP) is 1.93. The van der Waals surface area contributed by atoms with Crippen molar-refractivity contribution in [3.8, 4) is 0 Å². The number of hydrogen-bond donors (Lipinski definition) is 0. The van der Waals surface area contributed by atoms with Gasteiger partial charge in [-0.25, -0.2) is 0 Å². The molecule has 0 aromatic heterocycles. The van der Waals surface area contributed by atoms with Crippen molar-refractivity contribution in [1.82, 2.24) is 9.80 Å². The normalized spacial score (nSPS) is 15.8. The molecule has 6 heteroatoms. The summed E-state index contributed by atoms with van der Waals surface area (Å²) in [7, 11) is 0. The van der Waals surface area contributed by atoms with Gasteiger partial charge in [0.1, 0.15) is 0 Å². The third-order valence-electron chi connectivity index (χ3n) is 3.48. The second kappa shape index (κ2) is 6.49. The average molecular weight is 289 g/mol. The van der Waals surface area contributed by atoms with Gasteiger partial charge in [-0.3, -0.25) is 19.8 Å². The van der Waals surface area contributed by atoms with Crippen LogP contribution in [0.4, 0.5) is 5.69 Å². The van der Waals surface area contributed by atoms with Gasteiger partial charge in [0.05, 0.1) is 4.92 Å². The summed E-state index contributed by atoms with van der Waals surface area (Å²) in [6, 6.07) is 5.76. The van der Waals surface area contributed by atoms with Crippen molar-refractivity contribution in [2.45, 2.75) is 6.92 Å². The minimum Gasteiger partial charge on any atom is -0.336 e. The number of benzene rings is 1. The number of nitro benzene ring substituents is 1. The standard InChI is InChI=1S/C15H19N3O3/c1-12(2)11-16-7-9-17(10-8-16)15(19)13-3-5-14(6-4-13)18(20)21/h3-6H,1,7-11H2,2H3. The molecule has 0 atom stereocenters. The molecule has 112 valence electrons. The quantitative estimate of drug-likeness (QED) is 0.482. The van der Waals surface area contributed by atoms with E-state index >= 15 is 0 Å². The van der Waals surface area contributed by atoms with Gasteiger partial charge in [-0.15, -0.1) is 0 Å². The molecule has 0 saturated carbocycles. The first kappa shape index (κ1) is 15.2. The van der Waals surface area contributed by atoms with E-state index in [4.69, 9.17) is 0 Å². The monoisotopic (exact) mass is 289 g/mol. The number of non-ortho nitro benzene ring substituents is 1. The van der Waals surface area contributed by atoms with E-state index in [0.717, 1.165) is 25.2 Å². The third-order valence-corrected chi connectivity index (χ3v) is 3.48. The van der Waals surface area contributed by atoms with Crippen LogP contribution in [0.1, 0.15) is 17.3 Å².